The van der Waals surface area contributed by atoms with Crippen molar-refractivity contribution in [2.45, 2.75) is 79.0 Å². The van der Waals surface area contributed by atoms with Crippen molar-refractivity contribution in [1.82, 2.24) is 15.2 Å². The van der Waals surface area contributed by atoms with Crippen molar-refractivity contribution in [2.75, 3.05) is 21.0 Å². The van der Waals surface area contributed by atoms with Gasteiger partial charge in [0.1, 0.15) is 23.5 Å². The van der Waals surface area contributed by atoms with E-state index in [1.165, 1.54) is 11.3 Å². The number of thiazole rings is 1. The van der Waals surface area contributed by atoms with E-state index in [-0.39, 0.29) is 42.7 Å². The number of rotatable bonds is 13. The lowest BCUT2D eigenvalue weighted by Crippen LogP contribution is -2.45. The standard InChI is InChI=1S/C22H39N3O4S/c1-9-16(6)10-20(26)25(13-28-7)18(14(2)3)11-19(29-8)22-24-17(12-30-22)21(27)23-15(4)5/h12,14-16,18-19H,9-11,13H2,1-8H3,(H,23,27)/t16-,18?,19?/m0/s1. The third-order valence-electron chi connectivity index (χ3n) is 5.17. The molecule has 0 saturated carbocycles. The Bertz CT molecular complexity index is 663. The molecule has 0 aliphatic carbocycles. The van der Waals surface area contributed by atoms with Gasteiger partial charge in [-0.2, -0.15) is 0 Å². The molecule has 2 unspecified atom stereocenters. The number of methoxy groups -OCH3 is 2. The van der Waals surface area contributed by atoms with E-state index in [0.717, 1.165) is 11.4 Å². The van der Waals surface area contributed by atoms with Gasteiger partial charge in [0.25, 0.3) is 5.91 Å². The summed E-state index contributed by atoms with van der Waals surface area (Å²) in [4.78, 5) is 31.6. The molecule has 0 radical (unpaired) electrons. The lowest BCUT2D eigenvalue weighted by Gasteiger charge is -2.36. The molecule has 1 rings (SSSR count). The van der Waals surface area contributed by atoms with Crippen molar-refractivity contribution in [3.05, 3.63) is 16.1 Å². The van der Waals surface area contributed by atoms with Gasteiger partial charge in [-0.15, -0.1) is 11.3 Å². The topological polar surface area (TPSA) is 80.8 Å². The van der Waals surface area contributed by atoms with E-state index < -0.39 is 0 Å². The van der Waals surface area contributed by atoms with Crippen molar-refractivity contribution < 1.29 is 19.1 Å². The average Bonchev–Trinajstić information content (AvgIpc) is 3.16. The molecule has 0 fully saturated rings. The molecule has 3 atom stereocenters. The highest BCUT2D eigenvalue weighted by atomic mass is 32.1. The molecule has 7 nitrogen and oxygen atoms in total. The van der Waals surface area contributed by atoms with E-state index in [0.29, 0.717) is 24.5 Å². The zero-order valence-electron chi connectivity index (χ0n) is 19.7. The van der Waals surface area contributed by atoms with Gasteiger partial charge in [0.05, 0.1) is 0 Å². The first-order valence-corrected chi connectivity index (χ1v) is 11.6. The monoisotopic (exact) mass is 441 g/mol. The van der Waals surface area contributed by atoms with Crippen LogP contribution in [0.3, 0.4) is 0 Å². The number of hydrogen-bond acceptors (Lipinski definition) is 6. The van der Waals surface area contributed by atoms with Crippen LogP contribution in [0.2, 0.25) is 0 Å². The van der Waals surface area contributed by atoms with E-state index in [2.05, 4.69) is 38.0 Å². The van der Waals surface area contributed by atoms with Crippen molar-refractivity contribution in [3.63, 3.8) is 0 Å². The van der Waals surface area contributed by atoms with Gasteiger partial charge in [0.2, 0.25) is 5.91 Å². The van der Waals surface area contributed by atoms with Crippen molar-refractivity contribution in [3.8, 4) is 0 Å². The smallest absolute Gasteiger partial charge is 0.270 e. The fraction of sp³-hybridized carbons (Fsp3) is 0.773. The third kappa shape index (κ3) is 7.96. The quantitative estimate of drug-likeness (QED) is 0.463. The molecule has 2 amide bonds. The molecular formula is C22H39N3O4S. The first-order chi connectivity index (χ1) is 14.1. The van der Waals surface area contributed by atoms with E-state index >= 15 is 0 Å². The molecule has 8 heteroatoms. The summed E-state index contributed by atoms with van der Waals surface area (Å²) in [5, 5.41) is 5.35. The molecular weight excluding hydrogens is 402 g/mol. The molecule has 1 heterocycles. The van der Waals surface area contributed by atoms with Gasteiger partial charge in [-0.25, -0.2) is 4.98 Å². The Morgan fingerprint density at radius 2 is 1.87 bits per heavy atom. The summed E-state index contributed by atoms with van der Waals surface area (Å²) in [5.74, 6) is 0.439. The average molecular weight is 442 g/mol. The maximum absolute atomic E-state index is 13.0. The number of carbonyl (C=O) groups excluding carboxylic acids is 2. The number of nitrogens with zero attached hydrogens (tertiary/aromatic N) is 2. The molecule has 0 aliphatic rings. The van der Waals surface area contributed by atoms with Crippen LogP contribution in [0, 0.1) is 11.8 Å². The maximum Gasteiger partial charge on any atom is 0.270 e. The first kappa shape index (κ1) is 26.5. The molecule has 0 aliphatic heterocycles. The highest BCUT2D eigenvalue weighted by molar-refractivity contribution is 7.09. The van der Waals surface area contributed by atoms with Crippen LogP contribution in [-0.4, -0.2) is 54.7 Å². The van der Waals surface area contributed by atoms with Crippen LogP contribution < -0.4 is 5.32 Å². The molecule has 0 aromatic carbocycles. The zero-order valence-corrected chi connectivity index (χ0v) is 20.5. The highest BCUT2D eigenvalue weighted by Gasteiger charge is 2.31. The van der Waals surface area contributed by atoms with Crippen molar-refractivity contribution in [2.24, 2.45) is 11.8 Å². The van der Waals surface area contributed by atoms with Crippen LogP contribution in [0.5, 0.6) is 0 Å². The number of amides is 2. The van der Waals surface area contributed by atoms with Crippen LogP contribution in [0.1, 0.15) is 82.4 Å². The summed E-state index contributed by atoms with van der Waals surface area (Å²) < 4.78 is 11.1. The summed E-state index contributed by atoms with van der Waals surface area (Å²) in [5.41, 5.74) is 0.397. The van der Waals surface area contributed by atoms with Gasteiger partial charge >= 0.3 is 0 Å². The fourth-order valence-corrected chi connectivity index (χ4v) is 4.09. The lowest BCUT2D eigenvalue weighted by atomic mass is 9.95. The molecule has 30 heavy (non-hydrogen) atoms. The summed E-state index contributed by atoms with van der Waals surface area (Å²) in [6, 6.07) is -0.0198. The first-order valence-electron chi connectivity index (χ1n) is 10.7. The van der Waals surface area contributed by atoms with Crippen LogP contribution in [-0.2, 0) is 14.3 Å². The number of aromatic nitrogens is 1. The van der Waals surface area contributed by atoms with Gasteiger partial charge in [-0.05, 0) is 25.7 Å². The molecule has 1 aromatic rings. The maximum atomic E-state index is 13.0. The predicted octanol–water partition coefficient (Wildman–Crippen LogP) is 4.25. The van der Waals surface area contributed by atoms with Gasteiger partial charge in [-0.3, -0.25) is 9.59 Å². The minimum atomic E-state index is -0.307. The summed E-state index contributed by atoms with van der Waals surface area (Å²) in [7, 11) is 3.24. The Labute approximate surface area is 185 Å². The Morgan fingerprint density at radius 3 is 2.37 bits per heavy atom. The predicted molar refractivity (Wildman–Crippen MR) is 121 cm³/mol. The molecule has 0 saturated heterocycles. The summed E-state index contributed by atoms with van der Waals surface area (Å²) in [6.45, 7) is 12.4. The van der Waals surface area contributed by atoms with E-state index in [1.807, 2.05) is 18.7 Å². The number of carbonyl (C=O) groups is 2. The SMILES string of the molecule is CC[C@H](C)CC(=O)N(COC)C(CC(OC)c1nc(C(=O)NC(C)C)cs1)C(C)C. The normalized spacial score (nSPS) is 14.6. The molecule has 0 bridgehead atoms. The summed E-state index contributed by atoms with van der Waals surface area (Å²) >= 11 is 1.41. The Balaban J connectivity index is 3.03. The lowest BCUT2D eigenvalue weighted by molar-refractivity contribution is -0.142. The second-order valence-electron chi connectivity index (χ2n) is 8.47. The van der Waals surface area contributed by atoms with Crippen LogP contribution >= 0.6 is 11.3 Å². The zero-order chi connectivity index (χ0) is 22.8. The van der Waals surface area contributed by atoms with E-state index in [1.54, 1.807) is 19.6 Å². The van der Waals surface area contributed by atoms with Gasteiger partial charge in [0.15, 0.2) is 0 Å². The number of ether oxygens (including phenoxy) is 2. The van der Waals surface area contributed by atoms with E-state index in [4.69, 9.17) is 9.47 Å². The van der Waals surface area contributed by atoms with Crippen molar-refractivity contribution >= 4 is 23.2 Å². The third-order valence-corrected chi connectivity index (χ3v) is 6.11. The summed E-state index contributed by atoms with van der Waals surface area (Å²) in [6.07, 6.45) is 1.73. The molecule has 1 aromatic heterocycles. The van der Waals surface area contributed by atoms with Crippen LogP contribution in [0.4, 0.5) is 0 Å². The van der Waals surface area contributed by atoms with E-state index in [9.17, 15) is 9.59 Å². The number of nitrogens with one attached hydrogen (secondary N) is 1. The Hall–Kier alpha value is -1.51. The Morgan fingerprint density at radius 1 is 1.20 bits per heavy atom. The second kappa shape index (κ2) is 13.0. The minimum absolute atomic E-state index is 0.0466. The highest BCUT2D eigenvalue weighted by Crippen LogP contribution is 2.30. The molecule has 172 valence electrons. The molecule has 1 N–H and O–H groups in total. The van der Waals surface area contributed by atoms with Gasteiger partial charge in [-0.1, -0.05) is 34.1 Å². The van der Waals surface area contributed by atoms with Crippen molar-refractivity contribution in [1.29, 1.82) is 0 Å². The van der Waals surface area contributed by atoms with Crippen LogP contribution in [0.25, 0.3) is 0 Å². The van der Waals surface area contributed by atoms with Gasteiger partial charge < -0.3 is 19.7 Å². The molecule has 0 spiro atoms. The fourth-order valence-electron chi connectivity index (χ4n) is 3.20. The Kier molecular flexibility index (Phi) is 11.5. The largest absolute Gasteiger partial charge is 0.374 e. The minimum Gasteiger partial charge on any atom is -0.374 e. The second-order valence-corrected chi connectivity index (χ2v) is 9.36. The van der Waals surface area contributed by atoms with Gasteiger partial charge in [0, 0.05) is 44.5 Å². The van der Waals surface area contributed by atoms with Crippen LogP contribution in [0.15, 0.2) is 5.38 Å². The number of hydrogen-bond donors (Lipinski definition) is 1.